The van der Waals surface area contributed by atoms with E-state index in [1.165, 1.54) is 44.6 Å². The van der Waals surface area contributed by atoms with E-state index in [-0.39, 0.29) is 54.6 Å². The third-order valence-corrected chi connectivity index (χ3v) is 13.4. The van der Waals surface area contributed by atoms with Crippen LogP contribution in [0.25, 0.3) is 0 Å². The molecule has 4 rings (SSSR count). The molecular weight excluding hydrogens is 1190 g/mol. The van der Waals surface area contributed by atoms with Crippen molar-refractivity contribution in [1.29, 1.82) is 0 Å². The summed E-state index contributed by atoms with van der Waals surface area (Å²) >= 11 is 0. The van der Waals surface area contributed by atoms with Crippen molar-refractivity contribution in [2.75, 3.05) is 92.5 Å². The fraction of sp³-hybridized carbons (Fsp3) is 0.794. The molecule has 0 unspecified atom stereocenters. The highest BCUT2D eigenvalue weighted by Gasteiger charge is 2.21. The lowest BCUT2D eigenvalue weighted by molar-refractivity contribution is -0.385. The molecule has 3 aromatic heterocycles. The maximum Gasteiger partial charge on any atom is 0.306 e. The Hall–Kier alpha value is -5.38. The van der Waals surface area contributed by atoms with Crippen molar-refractivity contribution in [1.82, 2.24) is 55.8 Å². The maximum atomic E-state index is 12.1. The summed E-state index contributed by atoms with van der Waals surface area (Å²) in [6.07, 6.45) is 19.8. The topological polar surface area (TPSA) is 277 Å². The molecule has 0 spiro atoms. The van der Waals surface area contributed by atoms with E-state index in [9.17, 15) is 19.7 Å². The van der Waals surface area contributed by atoms with Crippen molar-refractivity contribution in [2.24, 2.45) is 23.7 Å². The van der Waals surface area contributed by atoms with Crippen LogP contribution in [0, 0.1) is 33.8 Å². The van der Waals surface area contributed by atoms with Gasteiger partial charge < -0.3 is 42.6 Å². The first kappa shape index (κ1) is 85.6. The van der Waals surface area contributed by atoms with Gasteiger partial charge in [0.25, 0.3) is 11.6 Å². The standard InChI is InChI=1S/C21H39N3O7.C19H37N3O3.C16H25N3O3.C12H23N3/c1-18(2)29-14-11-27-10-9-26-8-7-24-17-20(22-23-24)5-6-21(25)31-16-13-28-12-15-30-19(3)4;1-17(2)8-6-5-7-9-19-16-22(21-20-19)10-11-23-12-13-24-14-15-25-18(3)4;1-11(2)6-5-7-13-8-9-15(19(21)22)14(10-13)16(20)18-17-12(3)4;1-10(2)5-6-12-9-15(14-13-12)8-7-11(3)4/h17-19H,5-16H2,1-4H3;16-18H,5-15H2,1-4H3;8-12,17H,5-7H2,1-4H3,(H,18,20);9-11H,5-8H2,1-4H3. The number of amides is 1. The van der Waals surface area contributed by atoms with Crippen LogP contribution in [0.1, 0.15) is 202 Å². The number of aromatic nitrogens is 9. The smallest absolute Gasteiger partial charge is 0.306 e. The average Bonchev–Trinajstić information content (AvgIpc) is 1.78. The van der Waals surface area contributed by atoms with Crippen LogP contribution in [0.3, 0.4) is 0 Å². The lowest BCUT2D eigenvalue weighted by Gasteiger charge is -2.11. The Labute approximate surface area is 558 Å². The second-order valence-corrected chi connectivity index (χ2v) is 25.7. The van der Waals surface area contributed by atoms with Gasteiger partial charge in [-0.1, -0.05) is 103 Å². The van der Waals surface area contributed by atoms with E-state index >= 15 is 0 Å². The number of hydrazine groups is 1. The zero-order valence-electron chi connectivity index (χ0n) is 60.1. The zero-order chi connectivity index (χ0) is 69.0. The van der Waals surface area contributed by atoms with Crippen molar-refractivity contribution in [3.8, 4) is 0 Å². The molecule has 0 bridgehead atoms. The highest BCUT2D eigenvalue weighted by molar-refractivity contribution is 5.98. The first-order chi connectivity index (χ1) is 44.4. The number of hydrogen-bond acceptors (Lipinski definition) is 20. The minimum absolute atomic E-state index is 0.0530. The van der Waals surface area contributed by atoms with Gasteiger partial charge >= 0.3 is 5.97 Å². The zero-order valence-corrected chi connectivity index (χ0v) is 60.1. The van der Waals surface area contributed by atoms with Crippen LogP contribution in [0.5, 0.6) is 0 Å². The summed E-state index contributed by atoms with van der Waals surface area (Å²) in [6.45, 7) is 43.3. The molecule has 3 heterocycles. The molecule has 534 valence electrons. The summed E-state index contributed by atoms with van der Waals surface area (Å²) in [7, 11) is 0. The third kappa shape index (κ3) is 50.7. The van der Waals surface area contributed by atoms with E-state index in [1.807, 2.05) is 77.1 Å². The monoisotopic (exact) mass is 1320 g/mol. The molecule has 25 heteroatoms. The maximum absolute atomic E-state index is 12.1. The normalized spacial score (nSPS) is 11.5. The number of esters is 1. The Morgan fingerprint density at radius 3 is 1.37 bits per heavy atom. The Morgan fingerprint density at radius 2 is 0.903 bits per heavy atom. The number of aryl methyl sites for hydroxylation is 5. The molecule has 0 aliphatic carbocycles. The molecule has 25 nitrogen and oxygen atoms in total. The average molecular weight is 1320 g/mol. The molecule has 0 aliphatic rings. The van der Waals surface area contributed by atoms with Crippen LogP contribution in [-0.2, 0) is 92.7 Å². The summed E-state index contributed by atoms with van der Waals surface area (Å²) in [5, 5.41) is 35.9. The summed E-state index contributed by atoms with van der Waals surface area (Å²) in [6, 6.07) is 4.81. The molecule has 93 heavy (non-hydrogen) atoms. The van der Waals surface area contributed by atoms with Crippen LogP contribution in [0.4, 0.5) is 5.69 Å². The van der Waals surface area contributed by atoms with Crippen molar-refractivity contribution >= 4 is 17.6 Å². The van der Waals surface area contributed by atoms with Crippen molar-refractivity contribution < 1.29 is 57.1 Å². The van der Waals surface area contributed by atoms with Gasteiger partial charge in [-0.15, -0.1) is 15.3 Å². The molecule has 1 amide bonds. The minimum atomic E-state index is -0.526. The van der Waals surface area contributed by atoms with Crippen LogP contribution >= 0.6 is 0 Å². The summed E-state index contributed by atoms with van der Waals surface area (Å²) in [4.78, 5) is 34.5. The number of carbonyl (C=O) groups excluding carboxylic acids is 2. The summed E-state index contributed by atoms with van der Waals surface area (Å²) < 4.78 is 54.1. The lowest BCUT2D eigenvalue weighted by Crippen LogP contribution is -2.41. The second kappa shape index (κ2) is 54.8. The van der Waals surface area contributed by atoms with E-state index in [2.05, 4.69) is 103 Å². The predicted molar refractivity (Wildman–Crippen MR) is 363 cm³/mol. The second-order valence-electron chi connectivity index (χ2n) is 25.7. The molecule has 0 saturated heterocycles. The first-order valence-electron chi connectivity index (χ1n) is 34.3. The molecule has 0 radical (unpaired) electrons. The lowest BCUT2D eigenvalue weighted by atomic mass is 10.00. The van der Waals surface area contributed by atoms with E-state index in [4.69, 9.17) is 42.6 Å². The van der Waals surface area contributed by atoms with Crippen molar-refractivity contribution in [3.05, 3.63) is 75.1 Å². The predicted octanol–water partition coefficient (Wildman–Crippen LogP) is 11.3. The quantitative estimate of drug-likeness (QED) is 0.0180. The van der Waals surface area contributed by atoms with Crippen molar-refractivity contribution in [2.45, 2.75) is 238 Å². The van der Waals surface area contributed by atoms with Gasteiger partial charge in [0.1, 0.15) is 12.2 Å². The van der Waals surface area contributed by atoms with E-state index in [0.717, 1.165) is 85.6 Å². The minimum Gasteiger partial charge on any atom is -0.463 e. The molecule has 0 aliphatic heterocycles. The number of carbonyl (C=O) groups is 2. The summed E-state index contributed by atoms with van der Waals surface area (Å²) in [5.41, 5.74) is 9.10. The number of nitrogens with zero attached hydrogens (tertiary/aromatic N) is 10. The van der Waals surface area contributed by atoms with Crippen LogP contribution in [0.2, 0.25) is 0 Å². The molecule has 4 aromatic rings. The largest absolute Gasteiger partial charge is 0.463 e. The Morgan fingerprint density at radius 1 is 0.473 bits per heavy atom. The highest BCUT2D eigenvalue weighted by Crippen LogP contribution is 2.22. The van der Waals surface area contributed by atoms with Gasteiger partial charge in [-0.25, -0.2) is 14.8 Å². The molecule has 2 N–H and O–H groups in total. The molecule has 1 aromatic carbocycles. The van der Waals surface area contributed by atoms with Gasteiger partial charge in [0, 0.05) is 43.7 Å². The van der Waals surface area contributed by atoms with Gasteiger partial charge in [0.15, 0.2) is 0 Å². The number of nitrogens with one attached hydrogen (secondary N) is 2. The number of nitro benzene ring substituents is 1. The first-order valence-corrected chi connectivity index (χ1v) is 34.3. The Balaban J connectivity index is 0.000000637. The molecule has 0 saturated carbocycles. The van der Waals surface area contributed by atoms with E-state index in [1.54, 1.807) is 16.8 Å². The van der Waals surface area contributed by atoms with Gasteiger partial charge in [-0.05, 0) is 136 Å². The SMILES string of the molecule is CC(C)CCCCCc1cn(CCOCCOCCOC(C)C)nn1.CC(C)CCCc1ccc([N+](=O)[O-])c(C(=O)NNC(C)C)c1.CC(C)CCc1cn(CCC(C)C)nn1.CC(C)OCCOCCOCCn1cc(CCC(=O)OCCOCCOC(C)C)nn1. The fourth-order valence-electron chi connectivity index (χ4n) is 8.23. The molecule has 0 atom stereocenters. The van der Waals surface area contributed by atoms with Gasteiger partial charge in [-0.3, -0.25) is 29.8 Å². The van der Waals surface area contributed by atoms with Gasteiger partial charge in [-0.2, -0.15) is 0 Å². The van der Waals surface area contributed by atoms with Crippen LogP contribution < -0.4 is 10.9 Å². The van der Waals surface area contributed by atoms with Crippen LogP contribution in [0.15, 0.2) is 36.8 Å². The van der Waals surface area contributed by atoms with E-state index < -0.39 is 10.8 Å². The van der Waals surface area contributed by atoms with Gasteiger partial charge in [0.05, 0.1) is 146 Å². The van der Waals surface area contributed by atoms with E-state index in [0.29, 0.717) is 105 Å². The number of ether oxygens (including phenoxy) is 9. The number of unbranched alkanes of at least 4 members (excludes halogenated alkanes) is 2. The number of benzene rings is 1. The van der Waals surface area contributed by atoms with Crippen molar-refractivity contribution in [3.63, 3.8) is 0 Å². The molecular formula is C68H124N12O13. The highest BCUT2D eigenvalue weighted by atomic mass is 16.6. The van der Waals surface area contributed by atoms with Gasteiger partial charge in [0.2, 0.25) is 0 Å². The summed E-state index contributed by atoms with van der Waals surface area (Å²) in [5.74, 6) is 2.14. The number of hydrogen-bond donors (Lipinski definition) is 2. The van der Waals surface area contributed by atoms with Crippen LogP contribution in [-0.4, -0.2) is 179 Å². The number of rotatable bonds is 50. The third-order valence-electron chi connectivity index (χ3n) is 13.4. The Kier molecular flexibility index (Phi) is 50.5. The number of nitro groups is 1. The fourth-order valence-corrected chi connectivity index (χ4v) is 8.23. The molecule has 0 fully saturated rings. The Bertz CT molecular complexity index is 2420.